The number of primary amides is 1. The molecule has 198 valence electrons. The second-order valence-corrected chi connectivity index (χ2v) is 12.1. The number of aromatic nitrogens is 2. The summed E-state index contributed by atoms with van der Waals surface area (Å²) in [4.78, 5) is 22.6. The van der Waals surface area contributed by atoms with Crippen LogP contribution in [0, 0.1) is 30.5 Å². The van der Waals surface area contributed by atoms with Gasteiger partial charge in [0.2, 0.25) is 21.9 Å². The van der Waals surface area contributed by atoms with Gasteiger partial charge in [-0.25, -0.2) is 17.8 Å². The number of hydrogen-bond donors (Lipinski definition) is 3. The normalized spacial score (nSPS) is 25.4. The average molecular weight is 530 g/mol. The van der Waals surface area contributed by atoms with Crippen molar-refractivity contribution in [2.24, 2.45) is 23.5 Å². The van der Waals surface area contributed by atoms with Crippen LogP contribution in [0.2, 0.25) is 0 Å². The zero-order chi connectivity index (χ0) is 26.3. The summed E-state index contributed by atoms with van der Waals surface area (Å²) >= 11 is 0. The van der Waals surface area contributed by atoms with Gasteiger partial charge in [-0.05, 0) is 55.9 Å². The van der Waals surface area contributed by atoms with Gasteiger partial charge in [0.15, 0.2) is 11.6 Å². The molecule has 2 bridgehead atoms. The van der Waals surface area contributed by atoms with Gasteiger partial charge in [-0.3, -0.25) is 4.79 Å². The Morgan fingerprint density at radius 1 is 1.19 bits per heavy atom. The van der Waals surface area contributed by atoms with Gasteiger partial charge in [0.1, 0.15) is 0 Å². The van der Waals surface area contributed by atoms with Crippen molar-refractivity contribution in [3.8, 4) is 0 Å². The fourth-order valence-corrected chi connectivity index (χ4v) is 6.78. The summed E-state index contributed by atoms with van der Waals surface area (Å²) in [6, 6.07) is 5.51. The van der Waals surface area contributed by atoms with E-state index in [1.54, 1.807) is 11.2 Å². The lowest BCUT2D eigenvalue weighted by Gasteiger charge is -2.36. The highest BCUT2D eigenvalue weighted by Crippen LogP contribution is 2.45. The fourth-order valence-electron chi connectivity index (χ4n) is 5.70. The molecule has 1 saturated carbocycles. The molecule has 5 rings (SSSR count). The molecule has 1 amide bonds. The summed E-state index contributed by atoms with van der Waals surface area (Å²) in [5.74, 6) is -0.857. The van der Waals surface area contributed by atoms with E-state index in [9.17, 15) is 17.6 Å². The van der Waals surface area contributed by atoms with E-state index in [1.807, 2.05) is 37.3 Å². The smallest absolute Gasteiger partial charge is 0.229 e. The summed E-state index contributed by atoms with van der Waals surface area (Å²) < 4.78 is 40.4. The number of anilines is 4. The molecule has 2 heterocycles. The van der Waals surface area contributed by atoms with E-state index in [0.717, 1.165) is 29.6 Å². The number of fused-ring (bicyclic) bond motifs is 2. The maximum atomic E-state index is 14.6. The van der Waals surface area contributed by atoms with E-state index in [0.29, 0.717) is 26.2 Å². The largest absolute Gasteiger partial charge is 0.369 e. The van der Waals surface area contributed by atoms with Gasteiger partial charge in [0.25, 0.3) is 0 Å². The van der Waals surface area contributed by atoms with Crippen molar-refractivity contribution >= 4 is 39.1 Å². The van der Waals surface area contributed by atoms with E-state index < -0.39 is 27.7 Å². The van der Waals surface area contributed by atoms with Gasteiger partial charge >= 0.3 is 0 Å². The number of nitrogens with zero attached hydrogens (tertiary/aromatic N) is 4. The quantitative estimate of drug-likeness (QED) is 0.444. The molecule has 1 aliphatic heterocycles. The van der Waals surface area contributed by atoms with Gasteiger partial charge in [0.05, 0.1) is 17.9 Å². The molecule has 37 heavy (non-hydrogen) atoms. The number of piperazine rings is 1. The number of carbonyl (C=O) groups is 1. The Bertz CT molecular complexity index is 1330. The molecule has 4 N–H and O–H groups in total. The highest BCUT2D eigenvalue weighted by atomic mass is 32.2. The van der Waals surface area contributed by atoms with Crippen LogP contribution in [0.4, 0.5) is 27.5 Å². The third-order valence-corrected chi connectivity index (χ3v) is 9.51. The van der Waals surface area contributed by atoms with Crippen molar-refractivity contribution < 1.29 is 17.6 Å². The first-order valence-electron chi connectivity index (χ1n) is 12.5. The molecule has 2 fully saturated rings. The van der Waals surface area contributed by atoms with Crippen molar-refractivity contribution in [2.75, 3.05) is 47.5 Å². The van der Waals surface area contributed by atoms with Crippen LogP contribution in [0.1, 0.15) is 18.9 Å². The highest BCUT2D eigenvalue weighted by molar-refractivity contribution is 7.89. The maximum Gasteiger partial charge on any atom is 0.229 e. The molecular weight excluding hydrogens is 497 g/mol. The Labute approximate surface area is 216 Å². The number of nitrogens with one attached hydrogen (secondary N) is 2. The van der Waals surface area contributed by atoms with Crippen LogP contribution < -0.4 is 21.3 Å². The zero-order valence-electron chi connectivity index (χ0n) is 20.9. The molecule has 1 unspecified atom stereocenters. The molecule has 10 nitrogen and oxygen atoms in total. The number of rotatable bonds is 8. The topological polar surface area (TPSA) is 134 Å². The number of amides is 1. The molecule has 1 aromatic carbocycles. The summed E-state index contributed by atoms with van der Waals surface area (Å²) in [5, 5.41) is 6.24. The molecule has 12 heteroatoms. The standard InChI is InChI=1S/C25H32FN7O3S/c1-3-37(35,36)33-10-8-32(9-11-33)20-7-6-18(12-15(20)2)29-25-28-14-19(26)24(31-25)30-22-17-5-4-16(13-17)21(22)23(27)34/h4-7,12,14,16-17,21-22H,3,8-11,13H2,1-2H3,(H2,27,34)(H2,28,29,30,31)/t16-,17+,21+,22?/m1/s1. The molecule has 2 aliphatic carbocycles. The Kier molecular flexibility index (Phi) is 6.80. The van der Waals surface area contributed by atoms with Gasteiger partial charge in [-0.2, -0.15) is 9.29 Å². The van der Waals surface area contributed by atoms with Crippen molar-refractivity contribution in [3.63, 3.8) is 0 Å². The predicted molar refractivity (Wildman–Crippen MR) is 141 cm³/mol. The van der Waals surface area contributed by atoms with Crippen molar-refractivity contribution in [3.05, 3.63) is 47.9 Å². The number of carbonyl (C=O) groups excluding carboxylic acids is 1. The number of nitrogens with two attached hydrogens (primary N) is 1. The van der Waals surface area contributed by atoms with Crippen LogP contribution in [0.25, 0.3) is 0 Å². The number of sulfonamides is 1. The minimum atomic E-state index is -3.18. The van der Waals surface area contributed by atoms with Crippen LogP contribution in [-0.4, -0.2) is 66.6 Å². The molecule has 2 aromatic rings. The second kappa shape index (κ2) is 9.90. The molecular formula is C25H32FN7O3S. The number of aryl methyl sites for hydroxylation is 1. The van der Waals surface area contributed by atoms with Crippen LogP contribution in [0.5, 0.6) is 0 Å². The molecule has 1 saturated heterocycles. The number of benzene rings is 1. The van der Waals surface area contributed by atoms with E-state index in [4.69, 9.17) is 5.73 Å². The van der Waals surface area contributed by atoms with Gasteiger partial charge in [-0.15, -0.1) is 0 Å². The van der Waals surface area contributed by atoms with E-state index in [-0.39, 0.29) is 35.4 Å². The Morgan fingerprint density at radius 2 is 1.92 bits per heavy atom. The van der Waals surface area contributed by atoms with Crippen LogP contribution in [0.3, 0.4) is 0 Å². The SMILES string of the molecule is CCS(=O)(=O)N1CCN(c2ccc(Nc3ncc(F)c(NC4[C@@H](C(N)=O)[C@@H]5C=C[C@H]4C5)n3)cc2C)CC1. The zero-order valence-corrected chi connectivity index (χ0v) is 21.7. The first-order chi connectivity index (χ1) is 17.7. The summed E-state index contributed by atoms with van der Waals surface area (Å²) in [6.07, 6.45) is 5.98. The maximum absolute atomic E-state index is 14.6. The Balaban J connectivity index is 1.27. The Morgan fingerprint density at radius 3 is 2.59 bits per heavy atom. The molecule has 3 aliphatic rings. The van der Waals surface area contributed by atoms with E-state index in [1.165, 1.54) is 0 Å². The third kappa shape index (κ3) is 4.99. The van der Waals surface area contributed by atoms with Crippen LogP contribution in [-0.2, 0) is 14.8 Å². The molecule has 0 spiro atoms. The minimum absolute atomic E-state index is 0.0305. The predicted octanol–water partition coefficient (Wildman–Crippen LogP) is 2.23. The fraction of sp³-hybridized carbons (Fsp3) is 0.480. The lowest BCUT2D eigenvalue weighted by molar-refractivity contribution is -0.122. The first-order valence-corrected chi connectivity index (χ1v) is 14.1. The third-order valence-electron chi connectivity index (χ3n) is 7.63. The number of allylic oxidation sites excluding steroid dienone is 1. The van der Waals surface area contributed by atoms with Crippen molar-refractivity contribution in [2.45, 2.75) is 26.3 Å². The summed E-state index contributed by atoms with van der Waals surface area (Å²) in [5.41, 5.74) is 8.41. The average Bonchev–Trinajstić information content (AvgIpc) is 3.48. The van der Waals surface area contributed by atoms with E-state index >= 15 is 0 Å². The monoisotopic (exact) mass is 529 g/mol. The lowest BCUT2D eigenvalue weighted by Crippen LogP contribution is -2.49. The number of hydrogen-bond acceptors (Lipinski definition) is 8. The van der Waals surface area contributed by atoms with Crippen LogP contribution >= 0.6 is 0 Å². The minimum Gasteiger partial charge on any atom is -0.369 e. The van der Waals surface area contributed by atoms with Crippen molar-refractivity contribution in [1.82, 2.24) is 14.3 Å². The summed E-state index contributed by atoms with van der Waals surface area (Å²) in [6.45, 7) is 5.81. The Hall–Kier alpha value is -3.25. The molecule has 4 atom stereocenters. The molecule has 0 radical (unpaired) electrons. The van der Waals surface area contributed by atoms with Crippen LogP contribution in [0.15, 0.2) is 36.5 Å². The lowest BCUT2D eigenvalue weighted by atomic mass is 9.88. The number of halogens is 1. The van der Waals surface area contributed by atoms with Gasteiger partial charge in [-0.1, -0.05) is 12.2 Å². The highest BCUT2D eigenvalue weighted by Gasteiger charge is 2.47. The van der Waals surface area contributed by atoms with Gasteiger partial charge < -0.3 is 21.3 Å². The van der Waals surface area contributed by atoms with Crippen molar-refractivity contribution in [1.29, 1.82) is 0 Å². The van der Waals surface area contributed by atoms with E-state index in [2.05, 4.69) is 25.5 Å². The first kappa shape index (κ1) is 25.4. The second-order valence-electron chi connectivity index (χ2n) is 9.85. The summed E-state index contributed by atoms with van der Waals surface area (Å²) in [7, 11) is -3.18. The van der Waals surface area contributed by atoms with Gasteiger partial charge in [0, 0.05) is 43.6 Å². The molecule has 1 aromatic heterocycles.